The van der Waals surface area contributed by atoms with Crippen LogP contribution in [0.4, 0.5) is 22.9 Å². The molecule has 1 amide bonds. The summed E-state index contributed by atoms with van der Waals surface area (Å²) in [7, 11) is 0. The number of amides is 1. The van der Waals surface area contributed by atoms with E-state index < -0.39 is 0 Å². The topological polar surface area (TPSA) is 122 Å². The number of nitrogens with two attached hydrogens (primary N) is 1. The smallest absolute Gasteiger partial charge is 0.276 e. The van der Waals surface area contributed by atoms with Gasteiger partial charge >= 0.3 is 0 Å². The SMILES string of the molecule is NC1CCC(Nc2cc(Nc3ccccc3)c3ncc(C(=O)Nc4ccncc4CI)n3n2)CC1. The number of fused-ring (bicyclic) bond motifs is 1. The minimum Gasteiger partial charge on any atom is -0.366 e. The second-order valence-electron chi connectivity index (χ2n) is 8.69. The number of halogens is 1. The molecule has 0 unspecified atom stereocenters. The highest BCUT2D eigenvalue weighted by molar-refractivity contribution is 14.1. The number of nitrogens with one attached hydrogen (secondary N) is 3. The molecule has 0 spiro atoms. The van der Waals surface area contributed by atoms with Gasteiger partial charge in [-0.15, -0.1) is 5.10 Å². The van der Waals surface area contributed by atoms with E-state index in [-0.39, 0.29) is 18.0 Å². The highest BCUT2D eigenvalue weighted by Crippen LogP contribution is 2.27. The van der Waals surface area contributed by atoms with Crippen LogP contribution < -0.4 is 21.7 Å². The van der Waals surface area contributed by atoms with Gasteiger partial charge in [0.05, 0.1) is 11.9 Å². The zero-order valence-corrected chi connectivity index (χ0v) is 21.3. The second-order valence-corrected chi connectivity index (χ2v) is 9.45. The highest BCUT2D eigenvalue weighted by Gasteiger charge is 2.21. The summed E-state index contributed by atoms with van der Waals surface area (Å²) in [6.45, 7) is 0. The Hall–Kier alpha value is -3.25. The van der Waals surface area contributed by atoms with E-state index in [0.29, 0.717) is 17.2 Å². The van der Waals surface area contributed by atoms with Gasteiger partial charge in [-0.1, -0.05) is 40.8 Å². The second kappa shape index (κ2) is 10.6. The number of aromatic nitrogens is 4. The highest BCUT2D eigenvalue weighted by atomic mass is 127. The van der Waals surface area contributed by atoms with Crippen LogP contribution in [-0.4, -0.2) is 37.6 Å². The van der Waals surface area contributed by atoms with Gasteiger partial charge in [-0.05, 0) is 43.9 Å². The summed E-state index contributed by atoms with van der Waals surface area (Å²) in [6.07, 6.45) is 8.92. The Balaban J connectivity index is 1.50. The van der Waals surface area contributed by atoms with E-state index in [1.165, 1.54) is 0 Å². The van der Waals surface area contributed by atoms with Crippen molar-refractivity contribution in [3.05, 3.63) is 72.3 Å². The number of rotatable bonds is 7. The molecular formula is C25H27IN8O. The summed E-state index contributed by atoms with van der Waals surface area (Å²) < 4.78 is 2.33. The predicted octanol–water partition coefficient (Wildman–Crippen LogP) is 4.74. The fraction of sp³-hybridized carbons (Fsp3) is 0.280. The van der Waals surface area contributed by atoms with Crippen LogP contribution in [0.5, 0.6) is 0 Å². The molecule has 180 valence electrons. The number of hydrogen-bond acceptors (Lipinski definition) is 7. The van der Waals surface area contributed by atoms with E-state index in [1.807, 2.05) is 36.4 Å². The Morgan fingerprint density at radius 3 is 2.66 bits per heavy atom. The molecule has 0 bridgehead atoms. The monoisotopic (exact) mass is 582 g/mol. The number of imidazole rings is 1. The van der Waals surface area contributed by atoms with Gasteiger partial charge < -0.3 is 21.7 Å². The summed E-state index contributed by atoms with van der Waals surface area (Å²) in [5.41, 5.74) is 10.4. The molecule has 1 aromatic carbocycles. The first kappa shape index (κ1) is 23.5. The van der Waals surface area contributed by atoms with Crippen molar-refractivity contribution >= 4 is 57.0 Å². The van der Waals surface area contributed by atoms with Crippen LogP contribution in [0.25, 0.3) is 5.65 Å². The Bertz CT molecular complexity index is 1320. The summed E-state index contributed by atoms with van der Waals surface area (Å²) in [5, 5.41) is 14.7. The minimum atomic E-state index is -0.284. The van der Waals surface area contributed by atoms with Gasteiger partial charge in [-0.2, -0.15) is 0 Å². The Kier molecular flexibility index (Phi) is 7.09. The number of nitrogens with zero attached hydrogens (tertiary/aromatic N) is 4. The molecule has 4 aromatic rings. The lowest BCUT2D eigenvalue weighted by molar-refractivity contribution is 0.102. The molecular weight excluding hydrogens is 555 g/mol. The van der Waals surface area contributed by atoms with Crippen LogP contribution in [-0.2, 0) is 4.43 Å². The predicted molar refractivity (Wildman–Crippen MR) is 146 cm³/mol. The maximum absolute atomic E-state index is 13.3. The number of pyridine rings is 1. The molecule has 1 fully saturated rings. The molecule has 10 heteroatoms. The zero-order valence-electron chi connectivity index (χ0n) is 19.1. The van der Waals surface area contributed by atoms with Gasteiger partial charge in [0.15, 0.2) is 11.3 Å². The summed E-state index contributed by atoms with van der Waals surface area (Å²) in [5.74, 6) is 0.397. The van der Waals surface area contributed by atoms with Gasteiger partial charge in [-0.25, -0.2) is 9.50 Å². The van der Waals surface area contributed by atoms with E-state index in [1.54, 1.807) is 29.2 Å². The summed E-state index contributed by atoms with van der Waals surface area (Å²) in [4.78, 5) is 22.0. The van der Waals surface area contributed by atoms with Gasteiger partial charge in [0, 0.05) is 51.9 Å². The van der Waals surface area contributed by atoms with Crippen molar-refractivity contribution in [2.75, 3.05) is 16.0 Å². The number of carbonyl (C=O) groups excluding carboxylic acids is 1. The molecule has 3 aromatic heterocycles. The van der Waals surface area contributed by atoms with Crippen molar-refractivity contribution in [2.45, 2.75) is 42.2 Å². The molecule has 1 saturated carbocycles. The molecule has 9 nitrogen and oxygen atoms in total. The molecule has 1 aliphatic rings. The van der Waals surface area contributed by atoms with Crippen LogP contribution in [0.3, 0.4) is 0 Å². The summed E-state index contributed by atoms with van der Waals surface area (Å²) >= 11 is 2.25. The lowest BCUT2D eigenvalue weighted by Crippen LogP contribution is -2.33. The molecule has 5 N–H and O–H groups in total. The molecule has 5 rings (SSSR count). The fourth-order valence-corrected chi connectivity index (χ4v) is 4.89. The third-order valence-corrected chi connectivity index (χ3v) is 6.99. The number of hydrogen-bond donors (Lipinski definition) is 4. The van der Waals surface area contributed by atoms with Gasteiger partial charge in [0.25, 0.3) is 5.91 Å². The maximum atomic E-state index is 13.3. The van der Waals surface area contributed by atoms with E-state index in [2.05, 4.69) is 48.5 Å². The van der Waals surface area contributed by atoms with Crippen molar-refractivity contribution in [2.24, 2.45) is 5.73 Å². The number of alkyl halides is 1. The van der Waals surface area contributed by atoms with Crippen LogP contribution in [0.1, 0.15) is 41.7 Å². The van der Waals surface area contributed by atoms with Crippen molar-refractivity contribution in [3.8, 4) is 0 Å². The molecule has 0 aliphatic heterocycles. The van der Waals surface area contributed by atoms with Gasteiger partial charge in [0.1, 0.15) is 5.82 Å². The van der Waals surface area contributed by atoms with Crippen LogP contribution in [0.2, 0.25) is 0 Å². The third-order valence-electron chi connectivity index (χ3n) is 6.17. The first-order chi connectivity index (χ1) is 17.1. The van der Waals surface area contributed by atoms with E-state index in [4.69, 9.17) is 10.8 Å². The molecule has 3 heterocycles. The quantitative estimate of drug-likeness (QED) is 0.184. The first-order valence-corrected chi connectivity index (χ1v) is 13.2. The first-order valence-electron chi connectivity index (χ1n) is 11.6. The summed E-state index contributed by atoms with van der Waals surface area (Å²) in [6, 6.07) is 14.2. The maximum Gasteiger partial charge on any atom is 0.276 e. The Morgan fingerprint density at radius 1 is 1.09 bits per heavy atom. The van der Waals surface area contributed by atoms with Crippen molar-refractivity contribution in [1.29, 1.82) is 0 Å². The lowest BCUT2D eigenvalue weighted by atomic mass is 9.92. The third kappa shape index (κ3) is 5.38. The number of benzene rings is 1. The number of para-hydroxylation sites is 1. The standard InChI is InChI=1S/C25H27IN8O/c26-13-16-14-28-11-10-20(16)32-25(35)22-15-29-24-21(30-18-4-2-1-3-5-18)12-23(33-34(22)24)31-19-8-6-17(27)7-9-19/h1-5,10-12,14-15,17,19,30H,6-9,13,27H2,(H,31,33)(H,28,32,35). The number of carbonyl (C=O) groups is 1. The Labute approximate surface area is 217 Å². The molecule has 0 atom stereocenters. The van der Waals surface area contributed by atoms with Crippen molar-refractivity contribution < 1.29 is 4.79 Å². The largest absolute Gasteiger partial charge is 0.366 e. The van der Waals surface area contributed by atoms with Crippen molar-refractivity contribution in [3.63, 3.8) is 0 Å². The van der Waals surface area contributed by atoms with Gasteiger partial charge in [-0.3, -0.25) is 9.78 Å². The number of anilines is 4. The normalized spacial score (nSPS) is 17.8. The van der Waals surface area contributed by atoms with Gasteiger partial charge in [0.2, 0.25) is 0 Å². The average Bonchev–Trinajstić information content (AvgIpc) is 3.31. The zero-order chi connectivity index (χ0) is 24.2. The lowest BCUT2D eigenvalue weighted by Gasteiger charge is -2.27. The van der Waals surface area contributed by atoms with Crippen molar-refractivity contribution in [1.82, 2.24) is 19.6 Å². The average molecular weight is 582 g/mol. The molecule has 0 saturated heterocycles. The fourth-order valence-electron chi connectivity index (χ4n) is 4.28. The molecule has 1 aliphatic carbocycles. The van der Waals surface area contributed by atoms with Crippen LogP contribution in [0, 0.1) is 0 Å². The van der Waals surface area contributed by atoms with E-state index >= 15 is 0 Å². The molecule has 35 heavy (non-hydrogen) atoms. The van der Waals surface area contributed by atoms with Crippen LogP contribution in [0.15, 0.2) is 61.1 Å². The van der Waals surface area contributed by atoms with E-state index in [9.17, 15) is 4.79 Å². The Morgan fingerprint density at radius 2 is 1.89 bits per heavy atom. The molecule has 0 radical (unpaired) electrons. The minimum absolute atomic E-state index is 0.267. The van der Waals surface area contributed by atoms with E-state index in [0.717, 1.165) is 52.7 Å². The van der Waals surface area contributed by atoms with Crippen LogP contribution >= 0.6 is 22.6 Å².